The minimum absolute atomic E-state index is 0. The Morgan fingerprint density at radius 3 is 2.76 bits per heavy atom. The van der Waals surface area contributed by atoms with Gasteiger partial charge in [-0.3, -0.25) is 0 Å². The maximum atomic E-state index is 6.49. The third kappa shape index (κ3) is 4.23. The smallest absolute Gasteiger partial charge is 0.138 e. The summed E-state index contributed by atoms with van der Waals surface area (Å²) in [5.74, 6) is 1.12. The van der Waals surface area contributed by atoms with E-state index in [1.54, 1.807) is 11.1 Å². The predicted octanol–water partition coefficient (Wildman–Crippen LogP) is 6.36. The van der Waals surface area contributed by atoms with Crippen LogP contribution in [0.15, 0.2) is 61.2 Å². The highest BCUT2D eigenvalue weighted by Gasteiger charge is 2.35. The molecule has 0 fully saturated rings. The van der Waals surface area contributed by atoms with E-state index in [2.05, 4.69) is 27.8 Å². The molecule has 0 unspecified atom stereocenters. The van der Waals surface area contributed by atoms with Gasteiger partial charge >= 0.3 is 0 Å². The van der Waals surface area contributed by atoms with Crippen LogP contribution in [-0.2, 0) is 24.2 Å². The molecule has 2 aliphatic carbocycles. The monoisotopic (exact) mass is 428 g/mol. The lowest BCUT2D eigenvalue weighted by molar-refractivity contribution is -0.0566. The predicted molar refractivity (Wildman–Crippen MR) is 119 cm³/mol. The number of aryl methyl sites for hydroxylation is 1. The standard InChI is InChI=1S/C24H25ClN2O.ClH/c25-22-9-7-17(8-10-22)15-28-24(27-12-11-26-16-27)21-13-19-5-1-3-18-4-2-6-20(14-21)23(18)19;/h1,3,5,7-12,16,20-21,24H,2,4,6,13-15H2;1H/t20-,21+,24-;/m1./s1. The molecule has 0 saturated carbocycles. The molecule has 1 heterocycles. The van der Waals surface area contributed by atoms with Crippen molar-refractivity contribution in [2.24, 2.45) is 5.92 Å². The van der Waals surface area contributed by atoms with E-state index in [-0.39, 0.29) is 18.6 Å². The number of imidazole rings is 1. The molecule has 0 aliphatic heterocycles. The molecule has 1 aromatic heterocycles. The average Bonchev–Trinajstić information content (AvgIpc) is 3.24. The van der Waals surface area contributed by atoms with Gasteiger partial charge < -0.3 is 9.30 Å². The minimum Gasteiger partial charge on any atom is -0.353 e. The van der Waals surface area contributed by atoms with Crippen molar-refractivity contribution in [3.8, 4) is 0 Å². The van der Waals surface area contributed by atoms with Gasteiger partial charge in [0, 0.05) is 23.3 Å². The summed E-state index contributed by atoms with van der Waals surface area (Å²) in [6, 6.07) is 14.8. The molecule has 0 saturated heterocycles. The van der Waals surface area contributed by atoms with Crippen LogP contribution >= 0.6 is 24.0 Å². The maximum absolute atomic E-state index is 6.49. The molecule has 0 spiro atoms. The van der Waals surface area contributed by atoms with Crippen LogP contribution in [0.5, 0.6) is 0 Å². The fraction of sp³-hybridized carbons (Fsp3) is 0.375. The summed E-state index contributed by atoms with van der Waals surface area (Å²) in [5.41, 5.74) is 5.89. The summed E-state index contributed by atoms with van der Waals surface area (Å²) in [7, 11) is 0. The van der Waals surface area contributed by atoms with Crippen molar-refractivity contribution in [2.45, 2.75) is 50.9 Å². The SMILES string of the molecule is Cl.Clc1ccc(CO[C@H]([C@H]2Cc3cccc4c3[C@H](CCC4)C2)n2ccnc2)cc1. The Morgan fingerprint density at radius 1 is 1.14 bits per heavy atom. The van der Waals surface area contributed by atoms with Crippen LogP contribution in [0.3, 0.4) is 0 Å². The summed E-state index contributed by atoms with van der Waals surface area (Å²) in [4.78, 5) is 4.28. The van der Waals surface area contributed by atoms with Crippen LogP contribution in [0.1, 0.15) is 53.7 Å². The van der Waals surface area contributed by atoms with Crippen LogP contribution in [0.2, 0.25) is 5.02 Å². The van der Waals surface area contributed by atoms with E-state index in [1.807, 2.05) is 43.0 Å². The quantitative estimate of drug-likeness (QED) is 0.472. The van der Waals surface area contributed by atoms with Crippen LogP contribution < -0.4 is 0 Å². The Balaban J connectivity index is 0.00000205. The molecule has 29 heavy (non-hydrogen) atoms. The second kappa shape index (κ2) is 8.91. The Bertz CT molecular complexity index is 940. The number of benzene rings is 2. The minimum atomic E-state index is -0.00286. The molecule has 3 aromatic rings. The lowest BCUT2D eigenvalue weighted by atomic mass is 9.69. The van der Waals surface area contributed by atoms with Crippen LogP contribution in [0.4, 0.5) is 0 Å². The summed E-state index contributed by atoms with van der Waals surface area (Å²) < 4.78 is 8.63. The lowest BCUT2D eigenvalue weighted by Crippen LogP contribution is -2.30. The summed E-state index contributed by atoms with van der Waals surface area (Å²) >= 11 is 6.02. The molecule has 3 nitrogen and oxygen atoms in total. The summed E-state index contributed by atoms with van der Waals surface area (Å²) in [5, 5.41) is 0.756. The first kappa shape index (κ1) is 20.5. The highest BCUT2D eigenvalue weighted by molar-refractivity contribution is 6.30. The zero-order chi connectivity index (χ0) is 18.9. The molecular formula is C24H26Cl2N2O. The second-order valence-corrected chi connectivity index (χ2v) is 8.55. The number of hydrogen-bond donors (Lipinski definition) is 0. The van der Waals surface area contributed by atoms with Crippen molar-refractivity contribution >= 4 is 24.0 Å². The molecule has 5 rings (SSSR count). The fourth-order valence-corrected chi connectivity index (χ4v) is 5.23. The molecule has 0 N–H and O–H groups in total. The maximum Gasteiger partial charge on any atom is 0.138 e. The zero-order valence-corrected chi connectivity index (χ0v) is 17.9. The molecule has 2 aromatic carbocycles. The first-order chi connectivity index (χ1) is 13.8. The molecule has 2 aliphatic rings. The number of halogens is 2. The third-order valence-electron chi connectivity index (χ3n) is 6.32. The fourth-order valence-electron chi connectivity index (χ4n) is 5.10. The Labute approximate surface area is 183 Å². The molecule has 0 amide bonds. The molecule has 3 atom stereocenters. The van der Waals surface area contributed by atoms with Gasteiger partial charge in [-0.1, -0.05) is 41.9 Å². The van der Waals surface area contributed by atoms with Gasteiger partial charge in [0.1, 0.15) is 6.23 Å². The second-order valence-electron chi connectivity index (χ2n) is 8.12. The first-order valence-corrected chi connectivity index (χ1v) is 10.6. The number of ether oxygens (including phenoxy) is 1. The van der Waals surface area contributed by atoms with Gasteiger partial charge in [0.2, 0.25) is 0 Å². The largest absolute Gasteiger partial charge is 0.353 e. The average molecular weight is 429 g/mol. The van der Waals surface area contributed by atoms with Crippen molar-refractivity contribution in [1.82, 2.24) is 9.55 Å². The van der Waals surface area contributed by atoms with Gasteiger partial charge in [-0.15, -0.1) is 12.4 Å². The molecular weight excluding hydrogens is 403 g/mol. The van der Waals surface area contributed by atoms with Gasteiger partial charge in [-0.25, -0.2) is 4.98 Å². The van der Waals surface area contributed by atoms with Crippen LogP contribution in [-0.4, -0.2) is 9.55 Å². The summed E-state index contributed by atoms with van der Waals surface area (Å²) in [6.07, 6.45) is 11.9. The molecule has 0 radical (unpaired) electrons. The van der Waals surface area contributed by atoms with E-state index in [9.17, 15) is 0 Å². The Morgan fingerprint density at radius 2 is 1.97 bits per heavy atom. The number of hydrogen-bond acceptors (Lipinski definition) is 2. The van der Waals surface area contributed by atoms with Gasteiger partial charge in [0.05, 0.1) is 12.9 Å². The highest BCUT2D eigenvalue weighted by atomic mass is 35.5. The molecule has 152 valence electrons. The normalized spacial score (nSPS) is 21.1. The third-order valence-corrected chi connectivity index (χ3v) is 6.57. The van der Waals surface area contributed by atoms with E-state index in [1.165, 1.54) is 31.2 Å². The van der Waals surface area contributed by atoms with E-state index in [4.69, 9.17) is 16.3 Å². The van der Waals surface area contributed by atoms with Crippen molar-refractivity contribution in [3.63, 3.8) is 0 Å². The molecule has 0 bridgehead atoms. The number of rotatable bonds is 5. The zero-order valence-electron chi connectivity index (χ0n) is 16.3. The van der Waals surface area contributed by atoms with E-state index < -0.39 is 0 Å². The van der Waals surface area contributed by atoms with Crippen LogP contribution in [0, 0.1) is 5.92 Å². The Hall–Kier alpha value is -1.81. The number of nitrogens with zero attached hydrogens (tertiary/aromatic N) is 2. The van der Waals surface area contributed by atoms with Gasteiger partial charge in [0.15, 0.2) is 0 Å². The van der Waals surface area contributed by atoms with E-state index in [0.29, 0.717) is 18.4 Å². The first-order valence-electron chi connectivity index (χ1n) is 10.2. The van der Waals surface area contributed by atoms with Crippen LogP contribution in [0.25, 0.3) is 0 Å². The molecule has 5 heteroatoms. The Kier molecular flexibility index (Phi) is 6.29. The van der Waals surface area contributed by atoms with Crippen molar-refractivity contribution in [1.29, 1.82) is 0 Å². The van der Waals surface area contributed by atoms with Gasteiger partial charge in [-0.05, 0) is 72.4 Å². The topological polar surface area (TPSA) is 27.1 Å². The van der Waals surface area contributed by atoms with Crippen molar-refractivity contribution < 1.29 is 4.74 Å². The van der Waals surface area contributed by atoms with Crippen molar-refractivity contribution in [2.75, 3.05) is 0 Å². The van der Waals surface area contributed by atoms with E-state index in [0.717, 1.165) is 17.0 Å². The van der Waals surface area contributed by atoms with Gasteiger partial charge in [0.25, 0.3) is 0 Å². The van der Waals surface area contributed by atoms with Crippen molar-refractivity contribution in [3.05, 3.63) is 88.5 Å². The van der Waals surface area contributed by atoms with Gasteiger partial charge in [-0.2, -0.15) is 0 Å². The lowest BCUT2D eigenvalue weighted by Gasteiger charge is -2.39. The number of aromatic nitrogens is 2. The highest BCUT2D eigenvalue weighted by Crippen LogP contribution is 2.46. The van der Waals surface area contributed by atoms with E-state index >= 15 is 0 Å². The summed E-state index contributed by atoms with van der Waals surface area (Å²) in [6.45, 7) is 0.577.